The highest BCUT2D eigenvalue weighted by molar-refractivity contribution is 5.55. The number of nitriles is 1. The summed E-state index contributed by atoms with van der Waals surface area (Å²) < 4.78 is 0. The molecule has 72 valence electrons. The van der Waals surface area contributed by atoms with Gasteiger partial charge in [0, 0.05) is 25.5 Å². The Kier molecular flexibility index (Phi) is 4.18. The SMILES string of the molecule is N#Cc1cnccc1NC/C=C/CN. The van der Waals surface area contributed by atoms with Gasteiger partial charge in [0.15, 0.2) is 0 Å². The van der Waals surface area contributed by atoms with E-state index in [-0.39, 0.29) is 0 Å². The van der Waals surface area contributed by atoms with E-state index in [1.54, 1.807) is 12.3 Å². The van der Waals surface area contributed by atoms with E-state index >= 15 is 0 Å². The van der Waals surface area contributed by atoms with Crippen LogP contribution in [-0.4, -0.2) is 18.1 Å². The van der Waals surface area contributed by atoms with Crippen LogP contribution in [-0.2, 0) is 0 Å². The Morgan fingerprint density at radius 2 is 2.43 bits per heavy atom. The van der Waals surface area contributed by atoms with Crippen LogP contribution < -0.4 is 11.1 Å². The molecule has 14 heavy (non-hydrogen) atoms. The van der Waals surface area contributed by atoms with Crippen molar-refractivity contribution in [3.05, 3.63) is 36.2 Å². The van der Waals surface area contributed by atoms with Gasteiger partial charge in [-0.1, -0.05) is 12.2 Å². The van der Waals surface area contributed by atoms with E-state index in [0.717, 1.165) is 5.69 Å². The molecule has 0 saturated carbocycles. The van der Waals surface area contributed by atoms with E-state index in [0.29, 0.717) is 18.7 Å². The summed E-state index contributed by atoms with van der Waals surface area (Å²) in [6, 6.07) is 3.84. The molecule has 1 aromatic rings. The van der Waals surface area contributed by atoms with Crippen molar-refractivity contribution < 1.29 is 0 Å². The average molecular weight is 188 g/mol. The van der Waals surface area contributed by atoms with Crippen molar-refractivity contribution in [1.29, 1.82) is 5.26 Å². The maximum atomic E-state index is 8.75. The zero-order chi connectivity index (χ0) is 10.2. The molecule has 0 aromatic carbocycles. The lowest BCUT2D eigenvalue weighted by Crippen LogP contribution is -2.02. The molecule has 0 aliphatic heterocycles. The number of nitrogens with two attached hydrogens (primary N) is 1. The third-order valence-electron chi connectivity index (χ3n) is 1.65. The average Bonchev–Trinajstić information content (AvgIpc) is 2.25. The highest BCUT2D eigenvalue weighted by atomic mass is 14.9. The summed E-state index contributed by atoms with van der Waals surface area (Å²) in [6.45, 7) is 1.19. The molecule has 0 spiro atoms. The highest BCUT2D eigenvalue weighted by Crippen LogP contribution is 2.10. The molecule has 0 unspecified atom stereocenters. The molecule has 0 atom stereocenters. The Balaban J connectivity index is 2.59. The number of hydrogen-bond acceptors (Lipinski definition) is 4. The minimum absolute atomic E-state index is 0.531. The Bertz CT molecular complexity index is 351. The monoisotopic (exact) mass is 188 g/mol. The van der Waals surface area contributed by atoms with Crippen LogP contribution in [0.5, 0.6) is 0 Å². The molecule has 1 aromatic heterocycles. The van der Waals surface area contributed by atoms with Gasteiger partial charge in [-0.25, -0.2) is 0 Å². The first-order valence-electron chi connectivity index (χ1n) is 4.31. The van der Waals surface area contributed by atoms with Gasteiger partial charge in [-0.2, -0.15) is 5.26 Å². The van der Waals surface area contributed by atoms with E-state index in [2.05, 4.69) is 16.4 Å². The second-order valence-corrected chi connectivity index (χ2v) is 2.62. The number of nitrogens with zero attached hydrogens (tertiary/aromatic N) is 2. The van der Waals surface area contributed by atoms with Crippen LogP contribution in [0.3, 0.4) is 0 Å². The van der Waals surface area contributed by atoms with Gasteiger partial charge in [0.1, 0.15) is 6.07 Å². The maximum Gasteiger partial charge on any atom is 0.103 e. The minimum atomic E-state index is 0.531. The van der Waals surface area contributed by atoms with E-state index in [1.165, 1.54) is 6.20 Å². The van der Waals surface area contributed by atoms with Crippen molar-refractivity contribution in [2.24, 2.45) is 5.73 Å². The maximum absolute atomic E-state index is 8.75. The number of rotatable bonds is 4. The predicted octanol–water partition coefficient (Wildman–Crippen LogP) is 0.880. The van der Waals surface area contributed by atoms with E-state index in [4.69, 9.17) is 11.0 Å². The van der Waals surface area contributed by atoms with E-state index in [9.17, 15) is 0 Å². The molecule has 4 nitrogen and oxygen atoms in total. The normalized spacial score (nSPS) is 10.0. The van der Waals surface area contributed by atoms with Gasteiger partial charge in [-0.05, 0) is 6.07 Å². The summed E-state index contributed by atoms with van der Waals surface area (Å²) in [6.07, 6.45) is 6.96. The first-order valence-corrected chi connectivity index (χ1v) is 4.31. The standard InChI is InChI=1S/C10H12N4/c11-4-1-2-5-14-10-3-6-13-8-9(10)7-12/h1-3,6,8H,4-5,11H2,(H,13,14)/b2-1+. The van der Waals surface area contributed by atoms with Crippen molar-refractivity contribution in [3.8, 4) is 6.07 Å². The number of aromatic nitrogens is 1. The smallest absolute Gasteiger partial charge is 0.103 e. The third-order valence-corrected chi connectivity index (χ3v) is 1.65. The topological polar surface area (TPSA) is 74.7 Å². The van der Waals surface area contributed by atoms with Gasteiger partial charge < -0.3 is 11.1 Å². The van der Waals surface area contributed by atoms with Gasteiger partial charge in [0.25, 0.3) is 0 Å². The fourth-order valence-corrected chi connectivity index (χ4v) is 0.986. The predicted molar refractivity (Wildman–Crippen MR) is 55.6 cm³/mol. The number of pyridine rings is 1. The van der Waals surface area contributed by atoms with Crippen molar-refractivity contribution in [3.63, 3.8) is 0 Å². The van der Waals surface area contributed by atoms with Gasteiger partial charge in [-0.15, -0.1) is 0 Å². The summed E-state index contributed by atoms with van der Waals surface area (Å²) in [4.78, 5) is 3.86. The van der Waals surface area contributed by atoms with Crippen molar-refractivity contribution >= 4 is 5.69 Å². The first-order chi connectivity index (χ1) is 6.88. The van der Waals surface area contributed by atoms with Crippen molar-refractivity contribution in [2.45, 2.75) is 0 Å². The Hall–Kier alpha value is -1.86. The highest BCUT2D eigenvalue weighted by Gasteiger charge is 1.97. The molecule has 0 bridgehead atoms. The van der Waals surface area contributed by atoms with Gasteiger partial charge in [0.2, 0.25) is 0 Å². The zero-order valence-electron chi connectivity index (χ0n) is 7.77. The van der Waals surface area contributed by atoms with Crippen molar-refractivity contribution in [2.75, 3.05) is 18.4 Å². The van der Waals surface area contributed by atoms with Crippen LogP contribution >= 0.6 is 0 Å². The molecule has 1 rings (SSSR count). The largest absolute Gasteiger partial charge is 0.380 e. The summed E-state index contributed by atoms with van der Waals surface area (Å²) in [5, 5.41) is 11.8. The van der Waals surface area contributed by atoms with Crippen LogP contribution in [0.25, 0.3) is 0 Å². The second kappa shape index (κ2) is 5.73. The third kappa shape index (κ3) is 2.88. The van der Waals surface area contributed by atoms with Crippen LogP contribution in [0.4, 0.5) is 5.69 Å². The molecule has 3 N–H and O–H groups in total. The molecule has 0 fully saturated rings. The molecule has 0 radical (unpaired) electrons. The number of nitrogens with one attached hydrogen (secondary N) is 1. The van der Waals surface area contributed by atoms with Gasteiger partial charge in [-0.3, -0.25) is 4.98 Å². The molecule has 0 aliphatic rings. The lowest BCUT2D eigenvalue weighted by atomic mass is 10.2. The van der Waals surface area contributed by atoms with Gasteiger partial charge >= 0.3 is 0 Å². The molecule has 4 heteroatoms. The van der Waals surface area contributed by atoms with Crippen LogP contribution in [0.2, 0.25) is 0 Å². The summed E-state index contributed by atoms with van der Waals surface area (Å²) in [7, 11) is 0. The minimum Gasteiger partial charge on any atom is -0.380 e. The molecular weight excluding hydrogens is 176 g/mol. The quantitative estimate of drug-likeness (QED) is 0.688. The summed E-state index contributed by atoms with van der Waals surface area (Å²) in [5.41, 5.74) is 6.63. The molecular formula is C10H12N4. The van der Waals surface area contributed by atoms with Crippen LogP contribution in [0.15, 0.2) is 30.6 Å². The first kappa shape index (κ1) is 10.2. The molecule has 0 amide bonds. The fraction of sp³-hybridized carbons (Fsp3) is 0.200. The molecule has 1 heterocycles. The Morgan fingerprint density at radius 1 is 1.57 bits per heavy atom. The summed E-state index contributed by atoms with van der Waals surface area (Å²) in [5.74, 6) is 0. The Morgan fingerprint density at radius 3 is 3.14 bits per heavy atom. The fourth-order valence-electron chi connectivity index (χ4n) is 0.986. The summed E-state index contributed by atoms with van der Waals surface area (Å²) >= 11 is 0. The molecule has 0 saturated heterocycles. The van der Waals surface area contributed by atoms with Crippen LogP contribution in [0, 0.1) is 11.3 Å². The lowest BCUT2D eigenvalue weighted by Gasteiger charge is -2.03. The zero-order valence-corrected chi connectivity index (χ0v) is 7.77. The van der Waals surface area contributed by atoms with Crippen molar-refractivity contribution in [1.82, 2.24) is 4.98 Å². The van der Waals surface area contributed by atoms with Gasteiger partial charge in [0.05, 0.1) is 11.3 Å². The Labute approximate surface area is 83.1 Å². The lowest BCUT2D eigenvalue weighted by molar-refractivity contribution is 1.21. The van der Waals surface area contributed by atoms with E-state index < -0.39 is 0 Å². The second-order valence-electron chi connectivity index (χ2n) is 2.62. The van der Waals surface area contributed by atoms with E-state index in [1.807, 2.05) is 12.2 Å². The number of hydrogen-bond donors (Lipinski definition) is 2. The number of anilines is 1. The molecule has 0 aliphatic carbocycles. The van der Waals surface area contributed by atoms with Crippen LogP contribution in [0.1, 0.15) is 5.56 Å².